The van der Waals surface area contributed by atoms with Gasteiger partial charge in [-0.3, -0.25) is 0 Å². The predicted octanol–water partition coefficient (Wildman–Crippen LogP) is 2.83. The summed E-state index contributed by atoms with van der Waals surface area (Å²) in [6.07, 6.45) is 5.22. The quantitative estimate of drug-likeness (QED) is 0.501. The molecule has 0 aromatic heterocycles. The Hall–Kier alpha value is 0.600. The first-order valence-electron chi connectivity index (χ1n) is 5.29. The minimum absolute atomic E-state index is 0.834. The van der Waals surface area contributed by atoms with Gasteiger partial charge in [-0.05, 0) is 19.4 Å². The Morgan fingerprint density at radius 3 is 2.38 bits per heavy atom. The van der Waals surface area contributed by atoms with Gasteiger partial charge in [0.05, 0.1) is 0 Å². The summed E-state index contributed by atoms with van der Waals surface area (Å²) < 4.78 is 0. The standard InChI is InChI=1S/C10H20ClNS/c11-5-3-1-2-4-6-12-7-9-13-10-8-12/h1-10H2. The van der Waals surface area contributed by atoms with Crippen LogP contribution in [0.15, 0.2) is 0 Å². The molecule has 0 saturated carbocycles. The van der Waals surface area contributed by atoms with Crippen LogP contribution in [0.3, 0.4) is 0 Å². The molecule has 0 atom stereocenters. The smallest absolute Gasteiger partial charge is 0.0223 e. The number of alkyl halides is 1. The van der Waals surface area contributed by atoms with Gasteiger partial charge in [0.2, 0.25) is 0 Å². The van der Waals surface area contributed by atoms with Gasteiger partial charge in [0.25, 0.3) is 0 Å². The third-order valence-electron chi connectivity index (χ3n) is 2.46. The summed E-state index contributed by atoms with van der Waals surface area (Å²) in [6, 6.07) is 0. The Morgan fingerprint density at radius 2 is 1.69 bits per heavy atom. The fraction of sp³-hybridized carbons (Fsp3) is 1.00. The van der Waals surface area contributed by atoms with Crippen molar-refractivity contribution in [3.8, 4) is 0 Å². The number of hydrogen-bond donors (Lipinski definition) is 0. The van der Waals surface area contributed by atoms with Crippen molar-refractivity contribution in [2.45, 2.75) is 25.7 Å². The van der Waals surface area contributed by atoms with E-state index in [0.29, 0.717) is 0 Å². The normalized spacial score (nSPS) is 19.2. The lowest BCUT2D eigenvalue weighted by atomic mass is 10.2. The second-order valence-electron chi connectivity index (χ2n) is 3.56. The van der Waals surface area contributed by atoms with Crippen molar-refractivity contribution in [1.82, 2.24) is 4.90 Å². The molecule has 1 heterocycles. The fourth-order valence-corrected chi connectivity index (χ4v) is 2.78. The van der Waals surface area contributed by atoms with Gasteiger partial charge in [0, 0.05) is 30.5 Å². The van der Waals surface area contributed by atoms with Crippen LogP contribution in [0, 0.1) is 0 Å². The number of hydrogen-bond acceptors (Lipinski definition) is 2. The fourth-order valence-electron chi connectivity index (χ4n) is 1.61. The molecule has 0 N–H and O–H groups in total. The van der Waals surface area contributed by atoms with Crippen molar-refractivity contribution in [2.75, 3.05) is 37.0 Å². The van der Waals surface area contributed by atoms with Crippen LogP contribution in [0.1, 0.15) is 25.7 Å². The van der Waals surface area contributed by atoms with E-state index in [1.54, 1.807) is 0 Å². The van der Waals surface area contributed by atoms with E-state index in [-0.39, 0.29) is 0 Å². The summed E-state index contributed by atoms with van der Waals surface area (Å²) in [5.41, 5.74) is 0. The molecular weight excluding hydrogens is 202 g/mol. The molecule has 1 aliphatic heterocycles. The number of nitrogens with zero attached hydrogens (tertiary/aromatic N) is 1. The Balaban J connectivity index is 1.86. The number of thioether (sulfide) groups is 1. The Bertz CT molecular complexity index is 115. The van der Waals surface area contributed by atoms with Crippen LogP contribution in [0.5, 0.6) is 0 Å². The van der Waals surface area contributed by atoms with Gasteiger partial charge in [-0.1, -0.05) is 12.8 Å². The number of rotatable bonds is 6. The first-order valence-corrected chi connectivity index (χ1v) is 6.98. The SMILES string of the molecule is ClCCCCCCN1CCSCC1. The summed E-state index contributed by atoms with van der Waals surface area (Å²) in [5, 5.41) is 0. The Labute approximate surface area is 91.2 Å². The molecule has 1 saturated heterocycles. The molecule has 0 aromatic carbocycles. The van der Waals surface area contributed by atoms with Gasteiger partial charge < -0.3 is 4.90 Å². The van der Waals surface area contributed by atoms with Crippen LogP contribution in [-0.2, 0) is 0 Å². The van der Waals surface area contributed by atoms with Gasteiger partial charge in [0.15, 0.2) is 0 Å². The van der Waals surface area contributed by atoms with E-state index in [0.717, 1.165) is 5.88 Å². The highest BCUT2D eigenvalue weighted by molar-refractivity contribution is 7.99. The van der Waals surface area contributed by atoms with Crippen molar-refractivity contribution in [2.24, 2.45) is 0 Å². The molecule has 78 valence electrons. The van der Waals surface area contributed by atoms with Gasteiger partial charge in [0.1, 0.15) is 0 Å². The topological polar surface area (TPSA) is 3.24 Å². The maximum Gasteiger partial charge on any atom is 0.0223 e. The molecule has 0 radical (unpaired) electrons. The zero-order valence-electron chi connectivity index (χ0n) is 8.30. The van der Waals surface area contributed by atoms with Crippen LogP contribution in [-0.4, -0.2) is 41.9 Å². The number of unbranched alkanes of at least 4 members (excludes halogenated alkanes) is 3. The highest BCUT2D eigenvalue weighted by atomic mass is 35.5. The Morgan fingerprint density at radius 1 is 1.00 bits per heavy atom. The second kappa shape index (κ2) is 7.95. The van der Waals surface area contributed by atoms with E-state index in [1.807, 2.05) is 0 Å². The van der Waals surface area contributed by atoms with Crippen molar-refractivity contribution < 1.29 is 0 Å². The average Bonchev–Trinajstić information content (AvgIpc) is 2.19. The summed E-state index contributed by atoms with van der Waals surface area (Å²) in [7, 11) is 0. The van der Waals surface area contributed by atoms with E-state index < -0.39 is 0 Å². The highest BCUT2D eigenvalue weighted by Crippen LogP contribution is 2.10. The summed E-state index contributed by atoms with van der Waals surface area (Å²) >= 11 is 7.70. The molecule has 1 rings (SSSR count). The molecule has 1 fully saturated rings. The van der Waals surface area contributed by atoms with Crippen LogP contribution in [0.4, 0.5) is 0 Å². The van der Waals surface area contributed by atoms with E-state index in [1.165, 1.54) is 56.8 Å². The van der Waals surface area contributed by atoms with E-state index >= 15 is 0 Å². The second-order valence-corrected chi connectivity index (χ2v) is 5.16. The van der Waals surface area contributed by atoms with Crippen molar-refractivity contribution in [1.29, 1.82) is 0 Å². The molecule has 1 nitrogen and oxygen atoms in total. The van der Waals surface area contributed by atoms with E-state index in [9.17, 15) is 0 Å². The molecule has 0 aromatic rings. The van der Waals surface area contributed by atoms with Crippen molar-refractivity contribution in [3.05, 3.63) is 0 Å². The van der Waals surface area contributed by atoms with Crippen LogP contribution in [0.25, 0.3) is 0 Å². The van der Waals surface area contributed by atoms with Gasteiger partial charge in [-0.2, -0.15) is 11.8 Å². The third-order valence-corrected chi connectivity index (χ3v) is 3.67. The van der Waals surface area contributed by atoms with E-state index in [4.69, 9.17) is 11.6 Å². The molecule has 0 bridgehead atoms. The summed E-state index contributed by atoms with van der Waals surface area (Å²) in [4.78, 5) is 2.59. The Kier molecular flexibility index (Phi) is 7.14. The first-order chi connectivity index (χ1) is 6.43. The van der Waals surface area contributed by atoms with Crippen LogP contribution in [0.2, 0.25) is 0 Å². The summed E-state index contributed by atoms with van der Waals surface area (Å²) in [5.74, 6) is 3.50. The van der Waals surface area contributed by atoms with Gasteiger partial charge >= 0.3 is 0 Å². The monoisotopic (exact) mass is 221 g/mol. The minimum Gasteiger partial charge on any atom is -0.302 e. The molecular formula is C10H20ClNS. The third kappa shape index (κ3) is 5.82. The first kappa shape index (κ1) is 11.7. The van der Waals surface area contributed by atoms with Crippen molar-refractivity contribution in [3.63, 3.8) is 0 Å². The summed E-state index contributed by atoms with van der Waals surface area (Å²) in [6.45, 7) is 3.92. The molecule has 0 aliphatic carbocycles. The zero-order chi connectivity index (χ0) is 9.36. The van der Waals surface area contributed by atoms with E-state index in [2.05, 4.69) is 16.7 Å². The molecule has 0 spiro atoms. The van der Waals surface area contributed by atoms with Crippen molar-refractivity contribution >= 4 is 23.4 Å². The maximum absolute atomic E-state index is 5.62. The highest BCUT2D eigenvalue weighted by Gasteiger charge is 2.08. The predicted molar refractivity (Wildman–Crippen MR) is 63.0 cm³/mol. The van der Waals surface area contributed by atoms with Crippen LogP contribution >= 0.6 is 23.4 Å². The molecule has 0 amide bonds. The lowest BCUT2D eigenvalue weighted by molar-refractivity contribution is 0.294. The number of halogens is 1. The van der Waals surface area contributed by atoms with Crippen LogP contribution < -0.4 is 0 Å². The largest absolute Gasteiger partial charge is 0.302 e. The lowest BCUT2D eigenvalue weighted by Crippen LogP contribution is -2.33. The zero-order valence-corrected chi connectivity index (χ0v) is 9.88. The minimum atomic E-state index is 0.834. The molecule has 13 heavy (non-hydrogen) atoms. The molecule has 0 unspecified atom stereocenters. The maximum atomic E-state index is 5.62. The molecule has 1 aliphatic rings. The molecule has 3 heteroatoms. The lowest BCUT2D eigenvalue weighted by Gasteiger charge is -2.25. The average molecular weight is 222 g/mol. The van der Waals surface area contributed by atoms with Gasteiger partial charge in [-0.15, -0.1) is 11.6 Å². The van der Waals surface area contributed by atoms with Gasteiger partial charge in [-0.25, -0.2) is 0 Å².